The minimum atomic E-state index is 0.0488. The highest BCUT2D eigenvalue weighted by molar-refractivity contribution is 5.40. The lowest BCUT2D eigenvalue weighted by Gasteiger charge is -2.09. The average molecular weight is 174 g/mol. The molecule has 1 aromatic carbocycles. The molecule has 1 rings (SSSR count). The van der Waals surface area contributed by atoms with Crippen molar-refractivity contribution in [2.75, 3.05) is 0 Å². The Bertz CT molecular complexity index is 336. The Labute approximate surface area is 79.0 Å². The van der Waals surface area contributed by atoms with Gasteiger partial charge in [0.2, 0.25) is 0 Å². The van der Waals surface area contributed by atoms with Crippen molar-refractivity contribution < 1.29 is 0 Å². The van der Waals surface area contributed by atoms with E-state index in [1.807, 2.05) is 32.0 Å². The van der Waals surface area contributed by atoms with E-state index in [1.165, 1.54) is 0 Å². The second-order valence-electron chi connectivity index (χ2n) is 3.20. The van der Waals surface area contributed by atoms with Crippen molar-refractivity contribution in [2.45, 2.75) is 26.3 Å². The summed E-state index contributed by atoms with van der Waals surface area (Å²) in [5.74, 6) is 0. The monoisotopic (exact) mass is 174 g/mol. The van der Waals surface area contributed by atoms with E-state index in [0.717, 1.165) is 23.1 Å². The van der Waals surface area contributed by atoms with Crippen molar-refractivity contribution >= 4 is 0 Å². The molecule has 0 radical (unpaired) electrons. The number of rotatable bonds is 2. The van der Waals surface area contributed by atoms with Crippen LogP contribution in [0.1, 0.15) is 36.1 Å². The molecular weight excluding hydrogens is 160 g/mol. The topological polar surface area (TPSA) is 49.8 Å². The van der Waals surface area contributed by atoms with Crippen LogP contribution in [0.15, 0.2) is 18.2 Å². The predicted octanol–water partition coefficient (Wildman–Crippen LogP) is 2.28. The molecule has 2 heteroatoms. The quantitative estimate of drug-likeness (QED) is 0.747. The van der Waals surface area contributed by atoms with Gasteiger partial charge in [-0.25, -0.2) is 0 Å². The van der Waals surface area contributed by atoms with E-state index in [0.29, 0.717) is 0 Å². The molecule has 1 aromatic rings. The second-order valence-corrected chi connectivity index (χ2v) is 3.20. The SMILES string of the molecule is CC[C@@H](N)c1ccc(C)c(C#N)c1. The largest absolute Gasteiger partial charge is 0.324 e. The van der Waals surface area contributed by atoms with Crippen molar-refractivity contribution in [1.82, 2.24) is 0 Å². The van der Waals surface area contributed by atoms with Gasteiger partial charge in [0.25, 0.3) is 0 Å². The summed E-state index contributed by atoms with van der Waals surface area (Å²) in [6, 6.07) is 8.02. The summed E-state index contributed by atoms with van der Waals surface area (Å²) >= 11 is 0. The number of hydrogen-bond acceptors (Lipinski definition) is 2. The first kappa shape index (κ1) is 9.76. The number of nitriles is 1. The Morgan fingerprint density at radius 2 is 2.23 bits per heavy atom. The normalized spacial score (nSPS) is 12.2. The maximum atomic E-state index is 8.81. The highest BCUT2D eigenvalue weighted by atomic mass is 14.6. The molecule has 13 heavy (non-hydrogen) atoms. The second kappa shape index (κ2) is 4.06. The third-order valence-electron chi connectivity index (χ3n) is 2.25. The number of nitrogens with two attached hydrogens (primary N) is 1. The lowest BCUT2D eigenvalue weighted by atomic mass is 10.00. The summed E-state index contributed by atoms with van der Waals surface area (Å²) in [6.07, 6.45) is 0.897. The van der Waals surface area contributed by atoms with Crippen LogP contribution in [-0.2, 0) is 0 Å². The molecule has 0 saturated carbocycles. The van der Waals surface area contributed by atoms with Gasteiger partial charge in [0.15, 0.2) is 0 Å². The first-order valence-electron chi connectivity index (χ1n) is 4.45. The summed E-state index contributed by atoms with van der Waals surface area (Å²) in [5, 5.41) is 8.81. The van der Waals surface area contributed by atoms with Gasteiger partial charge in [-0.2, -0.15) is 5.26 Å². The van der Waals surface area contributed by atoms with Crippen LogP contribution in [-0.4, -0.2) is 0 Å². The first-order valence-corrected chi connectivity index (χ1v) is 4.45. The molecular formula is C11H14N2. The highest BCUT2D eigenvalue weighted by Gasteiger charge is 2.05. The van der Waals surface area contributed by atoms with Crippen LogP contribution in [0.4, 0.5) is 0 Å². The predicted molar refractivity (Wildman–Crippen MR) is 53.1 cm³/mol. The molecule has 2 N–H and O–H groups in total. The molecule has 0 aliphatic rings. The van der Waals surface area contributed by atoms with Gasteiger partial charge in [-0.1, -0.05) is 19.1 Å². The van der Waals surface area contributed by atoms with E-state index < -0.39 is 0 Å². The van der Waals surface area contributed by atoms with Gasteiger partial charge in [0.1, 0.15) is 0 Å². The summed E-state index contributed by atoms with van der Waals surface area (Å²) in [6.45, 7) is 3.97. The van der Waals surface area contributed by atoms with E-state index in [9.17, 15) is 0 Å². The lowest BCUT2D eigenvalue weighted by Crippen LogP contribution is -2.08. The molecule has 0 fully saturated rings. The fourth-order valence-corrected chi connectivity index (χ4v) is 1.23. The summed E-state index contributed by atoms with van der Waals surface area (Å²) < 4.78 is 0. The third-order valence-corrected chi connectivity index (χ3v) is 2.25. The molecule has 0 saturated heterocycles. The smallest absolute Gasteiger partial charge is 0.0994 e. The highest BCUT2D eigenvalue weighted by Crippen LogP contribution is 2.17. The van der Waals surface area contributed by atoms with Gasteiger partial charge in [0.05, 0.1) is 11.6 Å². The van der Waals surface area contributed by atoms with Crippen LogP contribution < -0.4 is 5.73 Å². The van der Waals surface area contributed by atoms with Gasteiger partial charge in [-0.3, -0.25) is 0 Å². The number of benzene rings is 1. The Morgan fingerprint density at radius 1 is 1.54 bits per heavy atom. The van der Waals surface area contributed by atoms with Gasteiger partial charge in [-0.05, 0) is 30.5 Å². The minimum Gasteiger partial charge on any atom is -0.324 e. The molecule has 0 aromatic heterocycles. The van der Waals surface area contributed by atoms with Gasteiger partial charge < -0.3 is 5.73 Å². The molecule has 2 nitrogen and oxygen atoms in total. The summed E-state index contributed by atoms with van der Waals surface area (Å²) in [7, 11) is 0. The first-order chi connectivity index (χ1) is 6.19. The summed E-state index contributed by atoms with van der Waals surface area (Å²) in [4.78, 5) is 0. The molecule has 0 bridgehead atoms. The zero-order chi connectivity index (χ0) is 9.84. The summed E-state index contributed by atoms with van der Waals surface area (Å²) in [5.41, 5.74) is 8.64. The van der Waals surface area contributed by atoms with E-state index >= 15 is 0 Å². The van der Waals surface area contributed by atoms with E-state index in [-0.39, 0.29) is 6.04 Å². The zero-order valence-electron chi connectivity index (χ0n) is 8.04. The Morgan fingerprint density at radius 3 is 2.77 bits per heavy atom. The maximum Gasteiger partial charge on any atom is 0.0994 e. The Balaban J connectivity index is 3.08. The van der Waals surface area contributed by atoms with E-state index in [2.05, 4.69) is 6.07 Å². The number of nitrogens with zero attached hydrogens (tertiary/aromatic N) is 1. The van der Waals surface area contributed by atoms with E-state index in [1.54, 1.807) is 0 Å². The fraction of sp³-hybridized carbons (Fsp3) is 0.364. The molecule has 1 atom stereocenters. The van der Waals surface area contributed by atoms with Gasteiger partial charge in [-0.15, -0.1) is 0 Å². The Hall–Kier alpha value is -1.33. The van der Waals surface area contributed by atoms with Gasteiger partial charge >= 0.3 is 0 Å². The molecule has 0 unspecified atom stereocenters. The van der Waals surface area contributed by atoms with Crippen LogP contribution in [0.25, 0.3) is 0 Å². The molecule has 0 amide bonds. The van der Waals surface area contributed by atoms with Crippen LogP contribution >= 0.6 is 0 Å². The van der Waals surface area contributed by atoms with Crippen molar-refractivity contribution in [3.05, 3.63) is 34.9 Å². The third kappa shape index (κ3) is 2.07. The average Bonchev–Trinajstić information content (AvgIpc) is 2.17. The Kier molecular flexibility index (Phi) is 3.05. The van der Waals surface area contributed by atoms with Crippen LogP contribution in [0, 0.1) is 18.3 Å². The molecule has 68 valence electrons. The lowest BCUT2D eigenvalue weighted by molar-refractivity contribution is 0.698. The van der Waals surface area contributed by atoms with Crippen molar-refractivity contribution in [3.63, 3.8) is 0 Å². The van der Waals surface area contributed by atoms with Crippen molar-refractivity contribution in [1.29, 1.82) is 5.26 Å². The molecule has 0 spiro atoms. The number of hydrogen-bond donors (Lipinski definition) is 1. The fourth-order valence-electron chi connectivity index (χ4n) is 1.23. The maximum absolute atomic E-state index is 8.81. The molecule has 0 aliphatic carbocycles. The molecule has 0 aliphatic heterocycles. The van der Waals surface area contributed by atoms with Crippen LogP contribution in [0.2, 0.25) is 0 Å². The minimum absolute atomic E-state index is 0.0488. The van der Waals surface area contributed by atoms with Crippen LogP contribution in [0.3, 0.4) is 0 Å². The van der Waals surface area contributed by atoms with Crippen LogP contribution in [0.5, 0.6) is 0 Å². The van der Waals surface area contributed by atoms with E-state index in [4.69, 9.17) is 11.0 Å². The standard InChI is InChI=1S/C11H14N2/c1-3-11(13)9-5-4-8(2)10(6-9)7-12/h4-6,11H,3,13H2,1-2H3/t11-/m1/s1. The van der Waals surface area contributed by atoms with Crippen molar-refractivity contribution in [3.8, 4) is 6.07 Å². The van der Waals surface area contributed by atoms with Gasteiger partial charge in [0, 0.05) is 6.04 Å². The zero-order valence-corrected chi connectivity index (χ0v) is 8.04. The van der Waals surface area contributed by atoms with Crippen molar-refractivity contribution in [2.24, 2.45) is 5.73 Å². The number of aryl methyl sites for hydroxylation is 1. The molecule has 0 heterocycles.